The third-order valence-electron chi connectivity index (χ3n) is 6.25. The number of aryl methyl sites for hydroxylation is 1. The SMILES string of the molecule is CCNC(=O)C(C)N(Cc1cccc(OC)c1)C(=O)CN(c1ccccc1OC)S(=O)(=O)c1ccc(C)cc1. The van der Waals surface area contributed by atoms with Crippen LogP contribution in [0.5, 0.6) is 11.5 Å². The summed E-state index contributed by atoms with van der Waals surface area (Å²) in [6.07, 6.45) is 0. The number of hydrogen-bond donors (Lipinski definition) is 1. The molecule has 1 unspecified atom stereocenters. The first-order valence-corrected chi connectivity index (χ1v) is 14.0. The van der Waals surface area contributed by atoms with Gasteiger partial charge in [0.05, 0.1) is 24.8 Å². The number of para-hydroxylation sites is 2. The average Bonchev–Trinajstić information content (AvgIpc) is 2.94. The first kappa shape index (κ1) is 29.5. The van der Waals surface area contributed by atoms with Gasteiger partial charge < -0.3 is 19.7 Å². The quantitative estimate of drug-likeness (QED) is 0.366. The van der Waals surface area contributed by atoms with Gasteiger partial charge in [-0.2, -0.15) is 0 Å². The van der Waals surface area contributed by atoms with Crippen molar-refractivity contribution in [3.05, 3.63) is 83.9 Å². The third kappa shape index (κ3) is 7.08. The predicted octanol–water partition coefficient (Wildman–Crippen LogP) is 3.76. The largest absolute Gasteiger partial charge is 0.497 e. The summed E-state index contributed by atoms with van der Waals surface area (Å²) < 4.78 is 39.6. The molecule has 0 heterocycles. The molecule has 0 fully saturated rings. The lowest BCUT2D eigenvalue weighted by Gasteiger charge is -2.32. The van der Waals surface area contributed by atoms with Crippen molar-refractivity contribution in [3.8, 4) is 11.5 Å². The van der Waals surface area contributed by atoms with Gasteiger partial charge in [0.2, 0.25) is 11.8 Å². The number of rotatable bonds is 12. The van der Waals surface area contributed by atoms with Crippen LogP contribution in [0.15, 0.2) is 77.7 Å². The number of amides is 2. The van der Waals surface area contributed by atoms with E-state index >= 15 is 0 Å². The lowest BCUT2D eigenvalue weighted by Crippen LogP contribution is -2.51. The molecule has 0 aliphatic rings. The zero-order valence-corrected chi connectivity index (χ0v) is 23.7. The van der Waals surface area contributed by atoms with Crippen molar-refractivity contribution < 1.29 is 27.5 Å². The minimum Gasteiger partial charge on any atom is -0.497 e. The van der Waals surface area contributed by atoms with E-state index in [1.165, 1.54) is 24.1 Å². The van der Waals surface area contributed by atoms with Gasteiger partial charge in [-0.15, -0.1) is 0 Å². The van der Waals surface area contributed by atoms with Crippen LogP contribution in [0.25, 0.3) is 0 Å². The summed E-state index contributed by atoms with van der Waals surface area (Å²) in [7, 11) is -1.21. The molecule has 0 aliphatic heterocycles. The van der Waals surface area contributed by atoms with E-state index in [-0.39, 0.29) is 28.8 Å². The van der Waals surface area contributed by atoms with Crippen LogP contribution in [-0.4, -0.2) is 58.5 Å². The molecule has 0 radical (unpaired) electrons. The molecular formula is C29H35N3O6S. The zero-order chi connectivity index (χ0) is 28.6. The highest BCUT2D eigenvalue weighted by molar-refractivity contribution is 7.92. The van der Waals surface area contributed by atoms with Crippen molar-refractivity contribution in [1.29, 1.82) is 0 Å². The van der Waals surface area contributed by atoms with Gasteiger partial charge in [0.1, 0.15) is 24.1 Å². The number of nitrogens with one attached hydrogen (secondary N) is 1. The van der Waals surface area contributed by atoms with Crippen LogP contribution in [0.4, 0.5) is 5.69 Å². The number of benzene rings is 3. The van der Waals surface area contributed by atoms with Gasteiger partial charge in [-0.3, -0.25) is 13.9 Å². The summed E-state index contributed by atoms with van der Waals surface area (Å²) in [5.41, 5.74) is 1.83. The average molecular weight is 554 g/mol. The van der Waals surface area contributed by atoms with Crippen LogP contribution in [0, 0.1) is 6.92 Å². The van der Waals surface area contributed by atoms with Crippen molar-refractivity contribution in [1.82, 2.24) is 10.2 Å². The first-order valence-electron chi connectivity index (χ1n) is 12.5. The maximum Gasteiger partial charge on any atom is 0.264 e. The number of carbonyl (C=O) groups excluding carboxylic acids is 2. The van der Waals surface area contributed by atoms with Crippen LogP contribution in [-0.2, 0) is 26.2 Å². The van der Waals surface area contributed by atoms with E-state index in [1.54, 1.807) is 75.6 Å². The van der Waals surface area contributed by atoms with Crippen molar-refractivity contribution in [3.63, 3.8) is 0 Å². The van der Waals surface area contributed by atoms with Crippen molar-refractivity contribution in [2.45, 2.75) is 38.3 Å². The van der Waals surface area contributed by atoms with Crippen molar-refractivity contribution >= 4 is 27.5 Å². The molecule has 0 spiro atoms. The lowest BCUT2D eigenvalue weighted by atomic mass is 10.1. The molecule has 0 saturated carbocycles. The first-order chi connectivity index (χ1) is 18.6. The summed E-state index contributed by atoms with van der Waals surface area (Å²) in [5.74, 6) is -0.0163. The normalized spacial score (nSPS) is 11.8. The minimum absolute atomic E-state index is 0.0305. The fraction of sp³-hybridized carbons (Fsp3) is 0.310. The van der Waals surface area contributed by atoms with Crippen LogP contribution in [0.2, 0.25) is 0 Å². The molecule has 9 nitrogen and oxygen atoms in total. The molecule has 1 atom stereocenters. The van der Waals surface area contributed by atoms with Crippen molar-refractivity contribution in [2.24, 2.45) is 0 Å². The fourth-order valence-electron chi connectivity index (χ4n) is 4.06. The van der Waals surface area contributed by atoms with E-state index in [4.69, 9.17) is 9.47 Å². The number of hydrogen-bond acceptors (Lipinski definition) is 6. The highest BCUT2D eigenvalue weighted by atomic mass is 32.2. The number of nitrogens with zero attached hydrogens (tertiary/aromatic N) is 2. The summed E-state index contributed by atoms with van der Waals surface area (Å²) >= 11 is 0. The second-order valence-corrected chi connectivity index (χ2v) is 10.8. The molecule has 3 rings (SSSR count). The number of likely N-dealkylation sites (N-methyl/N-ethyl adjacent to an activating group) is 1. The second-order valence-electron chi connectivity index (χ2n) is 8.94. The zero-order valence-electron chi connectivity index (χ0n) is 22.9. The number of anilines is 1. The third-order valence-corrected chi connectivity index (χ3v) is 8.02. The summed E-state index contributed by atoms with van der Waals surface area (Å²) in [6.45, 7) is 5.17. The molecule has 10 heteroatoms. The van der Waals surface area contributed by atoms with E-state index in [0.717, 1.165) is 15.4 Å². The molecule has 2 amide bonds. The molecule has 0 bridgehead atoms. The number of ether oxygens (including phenoxy) is 2. The Kier molecular flexibility index (Phi) is 9.95. The predicted molar refractivity (Wildman–Crippen MR) is 150 cm³/mol. The molecule has 0 aliphatic carbocycles. The Morgan fingerprint density at radius 3 is 2.28 bits per heavy atom. The highest BCUT2D eigenvalue weighted by Crippen LogP contribution is 2.32. The minimum atomic E-state index is -4.19. The number of sulfonamides is 1. The summed E-state index contributed by atoms with van der Waals surface area (Å²) in [5, 5.41) is 2.74. The fourth-order valence-corrected chi connectivity index (χ4v) is 5.48. The Balaban J connectivity index is 2.07. The van der Waals surface area contributed by atoms with Crippen LogP contribution in [0.1, 0.15) is 25.0 Å². The Morgan fingerprint density at radius 2 is 1.64 bits per heavy atom. The maximum absolute atomic E-state index is 13.9. The number of carbonyl (C=O) groups is 2. The van der Waals surface area contributed by atoms with E-state index in [0.29, 0.717) is 12.3 Å². The van der Waals surface area contributed by atoms with E-state index in [1.807, 2.05) is 13.0 Å². The molecule has 0 saturated heterocycles. The molecule has 39 heavy (non-hydrogen) atoms. The standard InChI is InChI=1S/C29H35N3O6S/c1-6-30-29(34)22(3)31(19-23-10-9-11-24(18-23)37-4)28(33)20-32(26-12-7-8-13-27(26)38-5)39(35,36)25-16-14-21(2)15-17-25/h7-18,22H,6,19-20H2,1-5H3,(H,30,34). The molecular weight excluding hydrogens is 518 g/mol. The maximum atomic E-state index is 13.9. The van der Waals surface area contributed by atoms with Crippen LogP contribution >= 0.6 is 0 Å². The molecule has 3 aromatic rings. The molecule has 3 aromatic carbocycles. The van der Waals surface area contributed by atoms with Crippen LogP contribution < -0.4 is 19.1 Å². The van der Waals surface area contributed by atoms with Gasteiger partial charge in [0, 0.05) is 13.1 Å². The Hall–Kier alpha value is -4.05. The lowest BCUT2D eigenvalue weighted by molar-refractivity contribution is -0.139. The monoisotopic (exact) mass is 553 g/mol. The Morgan fingerprint density at radius 1 is 0.949 bits per heavy atom. The molecule has 0 aromatic heterocycles. The van der Waals surface area contributed by atoms with Gasteiger partial charge in [0.15, 0.2) is 0 Å². The second kappa shape index (κ2) is 13.1. The summed E-state index contributed by atoms with van der Waals surface area (Å²) in [4.78, 5) is 28.2. The van der Waals surface area contributed by atoms with Crippen molar-refractivity contribution in [2.75, 3.05) is 31.6 Å². The highest BCUT2D eigenvalue weighted by Gasteiger charge is 2.33. The smallest absolute Gasteiger partial charge is 0.264 e. The Labute approximate surface area is 230 Å². The number of methoxy groups -OCH3 is 2. The molecule has 208 valence electrons. The van der Waals surface area contributed by atoms with Gasteiger partial charge in [-0.25, -0.2) is 8.42 Å². The summed E-state index contributed by atoms with van der Waals surface area (Å²) in [6, 6.07) is 19.3. The van der Waals surface area contributed by atoms with E-state index in [2.05, 4.69) is 5.32 Å². The van der Waals surface area contributed by atoms with Gasteiger partial charge in [-0.1, -0.05) is 42.0 Å². The van der Waals surface area contributed by atoms with E-state index < -0.39 is 28.5 Å². The van der Waals surface area contributed by atoms with Crippen LogP contribution in [0.3, 0.4) is 0 Å². The van der Waals surface area contributed by atoms with E-state index in [9.17, 15) is 18.0 Å². The Bertz CT molecular complexity index is 1390. The van der Waals surface area contributed by atoms with Gasteiger partial charge >= 0.3 is 0 Å². The molecule has 1 N–H and O–H groups in total. The van der Waals surface area contributed by atoms with Gasteiger partial charge in [-0.05, 0) is 62.7 Å². The van der Waals surface area contributed by atoms with Gasteiger partial charge in [0.25, 0.3) is 10.0 Å². The topological polar surface area (TPSA) is 105 Å².